The molecule has 1 aromatic carbocycles. The molecule has 0 aliphatic heterocycles. The summed E-state index contributed by atoms with van der Waals surface area (Å²) in [5, 5.41) is 2.60. The van der Waals surface area contributed by atoms with E-state index in [1.54, 1.807) is 0 Å². The number of hydrogen-bond acceptors (Lipinski definition) is 3. The summed E-state index contributed by atoms with van der Waals surface area (Å²) in [7, 11) is 0. The fourth-order valence-electron chi connectivity index (χ4n) is 2.66. The van der Waals surface area contributed by atoms with Crippen LogP contribution in [-0.4, -0.2) is 25.0 Å². The van der Waals surface area contributed by atoms with Gasteiger partial charge in [0.2, 0.25) is 0 Å². The van der Waals surface area contributed by atoms with Crippen molar-refractivity contribution in [2.24, 2.45) is 0 Å². The van der Waals surface area contributed by atoms with Crippen LogP contribution in [0.1, 0.15) is 48.0 Å². The van der Waals surface area contributed by atoms with Crippen LogP contribution < -0.4 is 5.32 Å². The van der Waals surface area contributed by atoms with Crippen LogP contribution in [0.25, 0.3) is 0 Å². The summed E-state index contributed by atoms with van der Waals surface area (Å²) < 4.78 is 43.3. The number of nitrogens with one attached hydrogen (secondary N) is 1. The molecular formula is C18H20F3NO3. The Morgan fingerprint density at radius 3 is 2.60 bits per heavy atom. The van der Waals surface area contributed by atoms with Crippen LogP contribution in [0, 0.1) is 0 Å². The van der Waals surface area contributed by atoms with E-state index in [1.807, 2.05) is 0 Å². The number of allylic oxidation sites excluding steroid dienone is 1. The van der Waals surface area contributed by atoms with Crippen LogP contribution in [0.2, 0.25) is 0 Å². The first kappa shape index (κ1) is 19.0. The van der Waals surface area contributed by atoms with Gasteiger partial charge in [-0.15, -0.1) is 0 Å². The SMILES string of the molecule is O=C(COC(=O)c1ccccc1C(F)(F)F)NCCC1=CCCCC1. The quantitative estimate of drug-likeness (QED) is 0.623. The predicted octanol–water partition coefficient (Wildman–Crippen LogP) is 3.87. The first-order valence-electron chi connectivity index (χ1n) is 8.16. The third kappa shape index (κ3) is 5.92. The van der Waals surface area contributed by atoms with Gasteiger partial charge < -0.3 is 10.1 Å². The Labute approximate surface area is 144 Å². The smallest absolute Gasteiger partial charge is 0.417 e. The van der Waals surface area contributed by atoms with Crippen LogP contribution in [0.4, 0.5) is 13.2 Å². The predicted molar refractivity (Wildman–Crippen MR) is 85.9 cm³/mol. The highest BCUT2D eigenvalue weighted by molar-refractivity contribution is 5.92. The molecule has 0 fully saturated rings. The molecule has 0 heterocycles. The first-order valence-corrected chi connectivity index (χ1v) is 8.16. The van der Waals surface area contributed by atoms with E-state index < -0.39 is 35.8 Å². The molecule has 0 unspecified atom stereocenters. The van der Waals surface area contributed by atoms with Crippen LogP contribution in [-0.2, 0) is 15.7 Å². The summed E-state index contributed by atoms with van der Waals surface area (Å²) in [4.78, 5) is 23.5. The largest absolute Gasteiger partial charge is 0.452 e. The van der Waals surface area contributed by atoms with Crippen molar-refractivity contribution in [2.75, 3.05) is 13.2 Å². The van der Waals surface area contributed by atoms with E-state index in [2.05, 4.69) is 11.4 Å². The number of hydrogen-bond donors (Lipinski definition) is 1. The van der Waals surface area contributed by atoms with Gasteiger partial charge in [0.1, 0.15) is 0 Å². The number of alkyl halides is 3. The van der Waals surface area contributed by atoms with Gasteiger partial charge in [-0.25, -0.2) is 4.79 Å². The summed E-state index contributed by atoms with van der Waals surface area (Å²) in [5.74, 6) is -1.70. The molecule has 136 valence electrons. The van der Waals surface area contributed by atoms with Crippen molar-refractivity contribution in [1.29, 1.82) is 0 Å². The van der Waals surface area contributed by atoms with Crippen LogP contribution >= 0.6 is 0 Å². The Balaban J connectivity index is 1.80. The van der Waals surface area contributed by atoms with Crippen LogP contribution in [0.3, 0.4) is 0 Å². The van der Waals surface area contributed by atoms with Gasteiger partial charge in [0, 0.05) is 6.54 Å². The molecule has 2 rings (SSSR count). The normalized spacial score (nSPS) is 14.6. The Hall–Kier alpha value is -2.31. The van der Waals surface area contributed by atoms with Gasteiger partial charge in [-0.2, -0.15) is 13.2 Å². The molecule has 0 saturated carbocycles. The lowest BCUT2D eigenvalue weighted by molar-refractivity contribution is -0.138. The average molecular weight is 355 g/mol. The highest BCUT2D eigenvalue weighted by Gasteiger charge is 2.35. The number of ether oxygens (including phenoxy) is 1. The van der Waals surface area contributed by atoms with E-state index >= 15 is 0 Å². The summed E-state index contributed by atoms with van der Waals surface area (Å²) >= 11 is 0. The fraction of sp³-hybridized carbons (Fsp3) is 0.444. The minimum Gasteiger partial charge on any atom is -0.452 e. The van der Waals surface area contributed by atoms with Gasteiger partial charge in [-0.1, -0.05) is 23.8 Å². The van der Waals surface area contributed by atoms with Gasteiger partial charge in [-0.3, -0.25) is 4.79 Å². The number of halogens is 3. The van der Waals surface area contributed by atoms with E-state index in [9.17, 15) is 22.8 Å². The molecule has 1 amide bonds. The van der Waals surface area contributed by atoms with Gasteiger partial charge in [0.25, 0.3) is 5.91 Å². The number of esters is 1. The lowest BCUT2D eigenvalue weighted by atomic mass is 9.97. The second-order valence-corrected chi connectivity index (χ2v) is 5.83. The second kappa shape index (κ2) is 8.69. The van der Waals surface area contributed by atoms with E-state index in [4.69, 9.17) is 4.74 Å². The Bertz CT molecular complexity index is 653. The number of carbonyl (C=O) groups excluding carboxylic acids is 2. The molecular weight excluding hydrogens is 335 g/mol. The standard InChI is InChI=1S/C18H20F3NO3/c19-18(20,21)15-9-5-4-8-14(15)17(24)25-12-16(23)22-11-10-13-6-2-1-3-7-13/h4-6,8-9H,1-3,7,10-12H2,(H,22,23). The monoisotopic (exact) mass is 355 g/mol. The maximum Gasteiger partial charge on any atom is 0.417 e. The van der Waals surface area contributed by atoms with Crippen molar-refractivity contribution in [1.82, 2.24) is 5.32 Å². The van der Waals surface area contributed by atoms with Crippen molar-refractivity contribution < 1.29 is 27.5 Å². The number of amides is 1. The molecule has 25 heavy (non-hydrogen) atoms. The third-order valence-electron chi connectivity index (χ3n) is 3.94. The Kier molecular flexibility index (Phi) is 6.61. The maximum atomic E-state index is 12.9. The highest BCUT2D eigenvalue weighted by atomic mass is 19.4. The summed E-state index contributed by atoms with van der Waals surface area (Å²) in [5.41, 5.74) is -0.387. The molecule has 0 aromatic heterocycles. The van der Waals surface area contributed by atoms with Gasteiger partial charge in [0.05, 0.1) is 11.1 Å². The van der Waals surface area contributed by atoms with Crippen molar-refractivity contribution in [3.8, 4) is 0 Å². The molecule has 0 radical (unpaired) electrons. The zero-order chi connectivity index (χ0) is 18.3. The minimum atomic E-state index is -4.66. The number of benzene rings is 1. The number of carbonyl (C=O) groups is 2. The molecule has 1 aromatic rings. The first-order chi connectivity index (χ1) is 11.9. The van der Waals surface area contributed by atoms with Crippen molar-refractivity contribution in [3.63, 3.8) is 0 Å². The zero-order valence-electron chi connectivity index (χ0n) is 13.7. The van der Waals surface area contributed by atoms with E-state index in [0.29, 0.717) is 6.54 Å². The topological polar surface area (TPSA) is 55.4 Å². The highest BCUT2D eigenvalue weighted by Crippen LogP contribution is 2.32. The molecule has 7 heteroatoms. The van der Waals surface area contributed by atoms with E-state index in [1.165, 1.54) is 24.1 Å². The number of rotatable bonds is 6. The van der Waals surface area contributed by atoms with Crippen molar-refractivity contribution in [2.45, 2.75) is 38.3 Å². The van der Waals surface area contributed by atoms with Crippen molar-refractivity contribution >= 4 is 11.9 Å². The minimum absolute atomic E-state index is 0.418. The molecule has 1 aliphatic rings. The average Bonchev–Trinajstić information content (AvgIpc) is 2.60. The zero-order valence-corrected chi connectivity index (χ0v) is 13.7. The molecule has 0 bridgehead atoms. The fourth-order valence-corrected chi connectivity index (χ4v) is 2.66. The third-order valence-corrected chi connectivity index (χ3v) is 3.94. The molecule has 4 nitrogen and oxygen atoms in total. The maximum absolute atomic E-state index is 12.9. The summed E-state index contributed by atoms with van der Waals surface area (Å²) in [6.45, 7) is -0.189. The Morgan fingerprint density at radius 2 is 1.92 bits per heavy atom. The molecule has 0 saturated heterocycles. The lowest BCUT2D eigenvalue weighted by Gasteiger charge is -2.13. The van der Waals surface area contributed by atoms with Gasteiger partial charge in [-0.05, 0) is 44.2 Å². The van der Waals surface area contributed by atoms with Crippen molar-refractivity contribution in [3.05, 3.63) is 47.0 Å². The van der Waals surface area contributed by atoms with E-state index in [-0.39, 0.29) is 0 Å². The summed E-state index contributed by atoms with van der Waals surface area (Å²) in [6, 6.07) is 4.32. The van der Waals surface area contributed by atoms with Gasteiger partial charge in [0.15, 0.2) is 6.61 Å². The second-order valence-electron chi connectivity index (χ2n) is 5.83. The van der Waals surface area contributed by atoms with Gasteiger partial charge >= 0.3 is 12.1 Å². The van der Waals surface area contributed by atoms with Crippen LogP contribution in [0.15, 0.2) is 35.9 Å². The Morgan fingerprint density at radius 1 is 1.16 bits per heavy atom. The summed E-state index contributed by atoms with van der Waals surface area (Å²) in [6.07, 6.45) is 2.66. The molecule has 0 spiro atoms. The lowest BCUT2D eigenvalue weighted by Crippen LogP contribution is -2.30. The molecule has 1 N–H and O–H groups in total. The molecule has 1 aliphatic carbocycles. The van der Waals surface area contributed by atoms with E-state index in [0.717, 1.165) is 37.8 Å². The molecule has 0 atom stereocenters. The van der Waals surface area contributed by atoms with Crippen LogP contribution in [0.5, 0.6) is 0 Å².